The number of rotatable bonds is 12. The lowest BCUT2D eigenvalue weighted by atomic mass is 10.0. The van der Waals surface area contributed by atoms with Crippen LogP contribution in [0.1, 0.15) is 45.7 Å². The Morgan fingerprint density at radius 1 is 1.21 bits per heavy atom. The Balaban J connectivity index is 2.16. The van der Waals surface area contributed by atoms with E-state index in [2.05, 4.69) is 25.9 Å². The average Bonchev–Trinajstić information content (AvgIpc) is 3.48. The fraction of sp³-hybridized carbons (Fsp3) is 0.636. The van der Waals surface area contributed by atoms with Gasteiger partial charge in [-0.15, -0.1) is 0 Å². The van der Waals surface area contributed by atoms with Crippen molar-refractivity contribution >= 4 is 29.9 Å². The second kappa shape index (κ2) is 12.8. The molecule has 1 aliphatic rings. The van der Waals surface area contributed by atoms with Gasteiger partial charge in [-0.1, -0.05) is 13.8 Å². The van der Waals surface area contributed by atoms with E-state index in [9.17, 15) is 29.1 Å². The van der Waals surface area contributed by atoms with Gasteiger partial charge in [0.25, 0.3) is 0 Å². The van der Waals surface area contributed by atoms with E-state index >= 15 is 0 Å². The molecule has 1 aromatic rings. The molecule has 1 aliphatic heterocycles. The molecule has 2 rings (SSSR count). The number of amides is 4. The normalized spacial score (nSPS) is 18.1. The smallest absolute Gasteiger partial charge is 0.243 e. The maximum atomic E-state index is 13.2. The summed E-state index contributed by atoms with van der Waals surface area (Å²) in [5, 5.41) is 17.0. The molecule has 2 heterocycles. The van der Waals surface area contributed by atoms with Crippen LogP contribution in [0.25, 0.3) is 0 Å². The summed E-state index contributed by atoms with van der Waals surface area (Å²) >= 11 is 0. The topological polar surface area (TPSA) is 174 Å². The van der Waals surface area contributed by atoms with Crippen LogP contribution in [0.4, 0.5) is 0 Å². The first-order valence-electron chi connectivity index (χ1n) is 11.4. The van der Waals surface area contributed by atoms with Crippen molar-refractivity contribution in [2.24, 2.45) is 5.92 Å². The van der Waals surface area contributed by atoms with Crippen molar-refractivity contribution in [3.63, 3.8) is 0 Å². The highest BCUT2D eigenvalue weighted by Crippen LogP contribution is 2.18. The molecule has 12 nitrogen and oxygen atoms in total. The zero-order valence-electron chi connectivity index (χ0n) is 19.7. The van der Waals surface area contributed by atoms with E-state index in [0.717, 1.165) is 0 Å². The number of hydrogen-bond donors (Lipinski definition) is 5. The predicted octanol–water partition coefficient (Wildman–Crippen LogP) is -1.35. The summed E-state index contributed by atoms with van der Waals surface area (Å²) in [6, 6.07) is -3.77. The lowest BCUT2D eigenvalue weighted by Gasteiger charge is -2.27. The molecule has 5 N–H and O–H groups in total. The standard InChI is InChI=1S/C22H34N6O6/c1-13(2)7-17(27-22(34)19-5-4-6-28(19)14(3)31)21(33)26-18(8-15-9-23-12-24-15)20(32)25-16(10-29)11-30/h9-10,12-13,16-19,30H,4-8,11H2,1-3H3,(H,23,24)(H,25,32)(H,26,33)(H,27,34)/t16-,17+,18+,19+/m1/s1. The summed E-state index contributed by atoms with van der Waals surface area (Å²) in [6.07, 6.45) is 4.91. The number of aromatic amines is 1. The van der Waals surface area contributed by atoms with Crippen LogP contribution in [0.2, 0.25) is 0 Å². The maximum absolute atomic E-state index is 13.2. The number of imidazole rings is 1. The van der Waals surface area contributed by atoms with Gasteiger partial charge in [0.15, 0.2) is 0 Å². The summed E-state index contributed by atoms with van der Waals surface area (Å²) in [4.78, 5) is 70.0. The van der Waals surface area contributed by atoms with Gasteiger partial charge in [-0.3, -0.25) is 19.2 Å². The number of nitrogens with zero attached hydrogens (tertiary/aromatic N) is 2. The van der Waals surface area contributed by atoms with Crippen LogP contribution >= 0.6 is 0 Å². The summed E-state index contributed by atoms with van der Waals surface area (Å²) in [6.45, 7) is 5.11. The van der Waals surface area contributed by atoms with Crippen LogP contribution in [0.5, 0.6) is 0 Å². The van der Waals surface area contributed by atoms with Gasteiger partial charge in [-0.25, -0.2) is 4.98 Å². The van der Waals surface area contributed by atoms with Crippen molar-refractivity contribution in [3.8, 4) is 0 Å². The van der Waals surface area contributed by atoms with E-state index < -0.39 is 48.5 Å². The molecule has 34 heavy (non-hydrogen) atoms. The van der Waals surface area contributed by atoms with Crippen molar-refractivity contribution in [2.75, 3.05) is 13.2 Å². The van der Waals surface area contributed by atoms with Gasteiger partial charge >= 0.3 is 0 Å². The number of hydrogen-bond acceptors (Lipinski definition) is 7. The second-order valence-corrected chi connectivity index (χ2v) is 8.84. The Morgan fingerprint density at radius 3 is 2.47 bits per heavy atom. The van der Waals surface area contributed by atoms with Crippen molar-refractivity contribution in [2.45, 2.75) is 70.6 Å². The third-order valence-corrected chi connectivity index (χ3v) is 5.60. The van der Waals surface area contributed by atoms with Crippen LogP contribution in [0, 0.1) is 5.92 Å². The first kappa shape index (κ1) is 27.0. The number of aliphatic hydroxyl groups excluding tert-OH is 1. The summed E-state index contributed by atoms with van der Waals surface area (Å²) in [5.41, 5.74) is 0.569. The van der Waals surface area contributed by atoms with Crippen molar-refractivity contribution in [1.82, 2.24) is 30.8 Å². The highest BCUT2D eigenvalue weighted by atomic mass is 16.3. The molecule has 188 valence electrons. The lowest BCUT2D eigenvalue weighted by molar-refractivity contribution is -0.138. The highest BCUT2D eigenvalue weighted by molar-refractivity contribution is 5.94. The van der Waals surface area contributed by atoms with Crippen LogP contribution in [0.3, 0.4) is 0 Å². The third-order valence-electron chi connectivity index (χ3n) is 5.60. The Bertz CT molecular complexity index is 858. The highest BCUT2D eigenvalue weighted by Gasteiger charge is 2.35. The monoisotopic (exact) mass is 478 g/mol. The van der Waals surface area contributed by atoms with E-state index in [-0.39, 0.29) is 18.2 Å². The fourth-order valence-electron chi connectivity index (χ4n) is 3.89. The number of carbonyl (C=O) groups excluding carboxylic acids is 5. The molecule has 0 saturated carbocycles. The van der Waals surface area contributed by atoms with E-state index in [4.69, 9.17) is 0 Å². The minimum Gasteiger partial charge on any atom is -0.394 e. The number of likely N-dealkylation sites (tertiary alicyclic amines) is 1. The Kier molecular flexibility index (Phi) is 10.2. The SMILES string of the molecule is CC(=O)N1CCC[C@H]1C(=O)N[C@@H](CC(C)C)C(=O)N[C@@H](Cc1cnc[nH]1)C(=O)N[C@H](C=O)CO. The average molecular weight is 479 g/mol. The fourth-order valence-corrected chi connectivity index (χ4v) is 3.89. The maximum Gasteiger partial charge on any atom is 0.243 e. The van der Waals surface area contributed by atoms with Gasteiger partial charge in [0.2, 0.25) is 23.6 Å². The Labute approximate surface area is 198 Å². The Morgan fingerprint density at radius 2 is 1.91 bits per heavy atom. The van der Waals surface area contributed by atoms with Crippen LogP contribution in [0.15, 0.2) is 12.5 Å². The molecule has 4 amide bonds. The molecule has 0 radical (unpaired) electrons. The summed E-state index contributed by atoms with van der Waals surface area (Å²) < 4.78 is 0. The van der Waals surface area contributed by atoms with Gasteiger partial charge < -0.3 is 35.7 Å². The van der Waals surface area contributed by atoms with E-state index in [1.165, 1.54) is 24.3 Å². The Hall–Kier alpha value is -3.28. The summed E-state index contributed by atoms with van der Waals surface area (Å²) in [7, 11) is 0. The summed E-state index contributed by atoms with van der Waals surface area (Å²) in [5.74, 6) is -1.79. The quantitative estimate of drug-likeness (QED) is 0.231. The number of aldehydes is 1. The van der Waals surface area contributed by atoms with Crippen LogP contribution in [-0.4, -0.2) is 87.2 Å². The molecule has 0 aliphatic carbocycles. The molecular formula is C22H34N6O6. The first-order chi connectivity index (χ1) is 16.2. The molecule has 0 aromatic carbocycles. The minimum absolute atomic E-state index is 0.0530. The molecule has 4 atom stereocenters. The van der Waals surface area contributed by atoms with Gasteiger partial charge in [0.05, 0.1) is 12.9 Å². The van der Waals surface area contributed by atoms with Gasteiger partial charge in [-0.2, -0.15) is 0 Å². The van der Waals surface area contributed by atoms with E-state index in [1.54, 1.807) is 0 Å². The number of aromatic nitrogens is 2. The van der Waals surface area contributed by atoms with Gasteiger partial charge in [0, 0.05) is 31.8 Å². The van der Waals surface area contributed by atoms with Gasteiger partial charge in [0.1, 0.15) is 30.5 Å². The number of carbonyl (C=O) groups is 5. The molecule has 1 fully saturated rings. The first-order valence-corrected chi connectivity index (χ1v) is 11.4. The second-order valence-electron chi connectivity index (χ2n) is 8.84. The lowest BCUT2D eigenvalue weighted by Crippen LogP contribution is -2.58. The molecule has 1 aromatic heterocycles. The van der Waals surface area contributed by atoms with E-state index in [0.29, 0.717) is 37.8 Å². The minimum atomic E-state index is -1.11. The zero-order valence-corrected chi connectivity index (χ0v) is 19.7. The number of H-pyrrole nitrogens is 1. The largest absolute Gasteiger partial charge is 0.394 e. The van der Waals surface area contributed by atoms with Gasteiger partial charge in [-0.05, 0) is 25.2 Å². The van der Waals surface area contributed by atoms with E-state index in [1.807, 2.05) is 13.8 Å². The van der Waals surface area contributed by atoms with Crippen molar-refractivity contribution < 1.29 is 29.1 Å². The van der Waals surface area contributed by atoms with Crippen LogP contribution in [-0.2, 0) is 30.4 Å². The van der Waals surface area contributed by atoms with Crippen molar-refractivity contribution in [3.05, 3.63) is 18.2 Å². The molecular weight excluding hydrogens is 444 g/mol. The number of nitrogens with one attached hydrogen (secondary N) is 4. The van der Waals surface area contributed by atoms with Crippen molar-refractivity contribution in [1.29, 1.82) is 0 Å². The molecule has 12 heteroatoms. The molecule has 0 bridgehead atoms. The molecule has 0 unspecified atom stereocenters. The zero-order chi connectivity index (χ0) is 25.3. The predicted molar refractivity (Wildman–Crippen MR) is 121 cm³/mol. The third kappa shape index (κ3) is 7.65. The van der Waals surface area contributed by atoms with Crippen LogP contribution < -0.4 is 16.0 Å². The number of aliphatic hydroxyl groups is 1. The molecule has 0 spiro atoms. The molecule has 1 saturated heterocycles.